The van der Waals surface area contributed by atoms with Gasteiger partial charge in [0.15, 0.2) is 0 Å². The molecule has 0 N–H and O–H groups in total. The highest BCUT2D eigenvalue weighted by Gasteiger charge is 2.19. The Morgan fingerprint density at radius 3 is 1.57 bits per heavy atom. The van der Waals surface area contributed by atoms with Gasteiger partial charge < -0.3 is 0 Å². The van der Waals surface area contributed by atoms with E-state index in [-0.39, 0.29) is 0 Å². The molecule has 1 saturated carbocycles. The molecule has 2 unspecified atom stereocenters. The van der Waals surface area contributed by atoms with Crippen LogP contribution in [0.25, 0.3) is 0 Å². The van der Waals surface area contributed by atoms with Crippen LogP contribution in [0.2, 0.25) is 0 Å². The summed E-state index contributed by atoms with van der Waals surface area (Å²) in [6.07, 6.45) is 19.1. The fraction of sp³-hybridized carbons (Fsp3) is 1.00. The van der Waals surface area contributed by atoms with Gasteiger partial charge in [-0.05, 0) is 35.3 Å². The average molecular weight is 445 g/mol. The third-order valence-electron chi connectivity index (χ3n) is 6.75. The van der Waals surface area contributed by atoms with Gasteiger partial charge in [0.25, 0.3) is 0 Å². The van der Waals surface area contributed by atoms with Crippen molar-refractivity contribution in [3.63, 3.8) is 0 Å². The standard InChI is InChI=1S/C20H40.C5H12S.2C2H6/c1-5-18(10-7-9-17(3)4)11-8-12-20-15-13-19(6-2)14-16-20;1-3-5(2)4-6;2*1-2/h17-20H,5-16H2,1-4H3;5-6H,3-4H2,1-2H3;2*1-2H3. The lowest BCUT2D eigenvalue weighted by Gasteiger charge is -2.28. The molecule has 186 valence electrons. The van der Waals surface area contributed by atoms with Crippen LogP contribution in [-0.2, 0) is 0 Å². The fourth-order valence-electron chi connectivity index (χ4n) is 4.12. The maximum Gasteiger partial charge on any atom is -0.00722 e. The summed E-state index contributed by atoms with van der Waals surface area (Å²) in [6.45, 7) is 21.9. The summed E-state index contributed by atoms with van der Waals surface area (Å²) in [4.78, 5) is 0. The molecule has 1 aliphatic carbocycles. The van der Waals surface area contributed by atoms with Gasteiger partial charge in [0.2, 0.25) is 0 Å². The molecule has 1 aliphatic rings. The van der Waals surface area contributed by atoms with E-state index >= 15 is 0 Å². The lowest BCUT2D eigenvalue weighted by molar-refractivity contribution is 0.248. The van der Waals surface area contributed by atoms with Crippen LogP contribution in [0.15, 0.2) is 0 Å². The second-order valence-corrected chi connectivity index (χ2v) is 9.89. The first-order valence-electron chi connectivity index (χ1n) is 14.1. The van der Waals surface area contributed by atoms with E-state index in [1.54, 1.807) is 0 Å². The maximum atomic E-state index is 4.10. The molecular formula is C29H64S. The van der Waals surface area contributed by atoms with Crippen LogP contribution < -0.4 is 0 Å². The van der Waals surface area contributed by atoms with Crippen LogP contribution in [0.4, 0.5) is 0 Å². The molecule has 0 amide bonds. The van der Waals surface area contributed by atoms with Gasteiger partial charge in [-0.2, -0.15) is 12.6 Å². The summed E-state index contributed by atoms with van der Waals surface area (Å²) in [5.41, 5.74) is 0. The highest BCUT2D eigenvalue weighted by molar-refractivity contribution is 7.80. The van der Waals surface area contributed by atoms with Gasteiger partial charge in [0, 0.05) is 0 Å². The minimum atomic E-state index is 0.799. The van der Waals surface area contributed by atoms with Crippen LogP contribution >= 0.6 is 12.6 Å². The summed E-state index contributed by atoms with van der Waals surface area (Å²) in [7, 11) is 0. The Labute approximate surface area is 200 Å². The molecule has 1 heteroatoms. The second-order valence-electron chi connectivity index (χ2n) is 9.52. The topological polar surface area (TPSA) is 0 Å². The smallest absolute Gasteiger partial charge is 0.00722 e. The quantitative estimate of drug-likeness (QED) is 0.284. The monoisotopic (exact) mass is 444 g/mol. The van der Waals surface area contributed by atoms with Gasteiger partial charge >= 0.3 is 0 Å². The molecule has 1 rings (SSSR count). The molecule has 0 aromatic rings. The van der Waals surface area contributed by atoms with Crippen molar-refractivity contribution >= 4 is 12.6 Å². The van der Waals surface area contributed by atoms with Gasteiger partial charge in [-0.3, -0.25) is 0 Å². The molecule has 0 aromatic carbocycles. The van der Waals surface area contributed by atoms with E-state index in [2.05, 4.69) is 54.2 Å². The molecule has 2 atom stereocenters. The summed E-state index contributed by atoms with van der Waals surface area (Å²) < 4.78 is 0. The predicted octanol–water partition coefficient (Wildman–Crippen LogP) is 11.2. The zero-order valence-corrected chi connectivity index (χ0v) is 24.1. The van der Waals surface area contributed by atoms with E-state index in [4.69, 9.17) is 0 Å². The van der Waals surface area contributed by atoms with Crippen LogP contribution in [0.1, 0.15) is 153 Å². The highest BCUT2D eigenvalue weighted by Crippen LogP contribution is 2.34. The van der Waals surface area contributed by atoms with Crippen molar-refractivity contribution in [2.24, 2.45) is 29.6 Å². The summed E-state index contributed by atoms with van der Waals surface area (Å²) in [5.74, 6) is 5.86. The first-order valence-corrected chi connectivity index (χ1v) is 14.7. The van der Waals surface area contributed by atoms with Crippen molar-refractivity contribution < 1.29 is 0 Å². The number of hydrogen-bond donors (Lipinski definition) is 1. The van der Waals surface area contributed by atoms with Crippen LogP contribution in [0.5, 0.6) is 0 Å². The third-order valence-corrected chi connectivity index (χ3v) is 7.37. The van der Waals surface area contributed by atoms with Crippen molar-refractivity contribution in [1.82, 2.24) is 0 Å². The Morgan fingerprint density at radius 1 is 0.700 bits per heavy atom. The van der Waals surface area contributed by atoms with Crippen LogP contribution in [-0.4, -0.2) is 5.75 Å². The van der Waals surface area contributed by atoms with Gasteiger partial charge in [-0.25, -0.2) is 0 Å². The predicted molar refractivity (Wildman–Crippen MR) is 148 cm³/mol. The van der Waals surface area contributed by atoms with E-state index in [0.29, 0.717) is 0 Å². The molecule has 0 radical (unpaired) electrons. The number of thiol groups is 1. The lowest BCUT2D eigenvalue weighted by atomic mass is 9.78. The Morgan fingerprint density at radius 2 is 1.20 bits per heavy atom. The van der Waals surface area contributed by atoms with Gasteiger partial charge in [0.05, 0.1) is 0 Å². The van der Waals surface area contributed by atoms with Crippen molar-refractivity contribution in [1.29, 1.82) is 0 Å². The molecule has 1 fully saturated rings. The molecule has 0 aliphatic heterocycles. The van der Waals surface area contributed by atoms with Gasteiger partial charge in [-0.1, -0.05) is 153 Å². The molecule has 0 saturated heterocycles. The van der Waals surface area contributed by atoms with Crippen molar-refractivity contribution in [3.8, 4) is 0 Å². The van der Waals surface area contributed by atoms with E-state index in [1.165, 1.54) is 83.5 Å². The Hall–Kier alpha value is 0.350. The molecule has 0 aromatic heterocycles. The zero-order chi connectivity index (χ0) is 23.8. The summed E-state index contributed by atoms with van der Waals surface area (Å²) in [5, 5.41) is 0. The molecule has 30 heavy (non-hydrogen) atoms. The van der Waals surface area contributed by atoms with Gasteiger partial charge in [0.1, 0.15) is 0 Å². The summed E-state index contributed by atoms with van der Waals surface area (Å²) in [6, 6.07) is 0. The van der Waals surface area contributed by atoms with E-state index in [9.17, 15) is 0 Å². The molecule has 0 nitrogen and oxygen atoms in total. The first kappa shape index (κ1) is 35.0. The zero-order valence-electron chi connectivity index (χ0n) is 23.2. The lowest BCUT2D eigenvalue weighted by Crippen LogP contribution is -2.14. The van der Waals surface area contributed by atoms with E-state index in [0.717, 1.165) is 35.3 Å². The van der Waals surface area contributed by atoms with Gasteiger partial charge in [-0.15, -0.1) is 0 Å². The Balaban J connectivity index is -0.000000616. The van der Waals surface area contributed by atoms with Crippen LogP contribution in [0, 0.1) is 29.6 Å². The highest BCUT2D eigenvalue weighted by atomic mass is 32.1. The average Bonchev–Trinajstić information content (AvgIpc) is 2.80. The molecular weight excluding hydrogens is 380 g/mol. The normalized spacial score (nSPS) is 20.0. The van der Waals surface area contributed by atoms with Crippen molar-refractivity contribution in [3.05, 3.63) is 0 Å². The third kappa shape index (κ3) is 23.0. The van der Waals surface area contributed by atoms with E-state index < -0.39 is 0 Å². The Kier molecular flexibility index (Phi) is 31.9. The largest absolute Gasteiger partial charge is 0.179 e. The maximum absolute atomic E-state index is 4.10. The number of hydrogen-bond acceptors (Lipinski definition) is 1. The Bertz CT molecular complexity index is 274. The number of rotatable bonds is 12. The molecule has 0 bridgehead atoms. The molecule has 0 heterocycles. The first-order chi connectivity index (χ1) is 14.5. The summed E-state index contributed by atoms with van der Waals surface area (Å²) >= 11 is 4.10. The minimum Gasteiger partial charge on any atom is -0.179 e. The minimum absolute atomic E-state index is 0.799. The second kappa shape index (κ2) is 27.4. The van der Waals surface area contributed by atoms with Crippen LogP contribution in [0.3, 0.4) is 0 Å². The van der Waals surface area contributed by atoms with E-state index in [1.807, 2.05) is 27.7 Å². The fourth-order valence-corrected chi connectivity index (χ4v) is 4.38. The van der Waals surface area contributed by atoms with Crippen molar-refractivity contribution in [2.75, 3.05) is 5.75 Å². The SMILES string of the molecule is CC.CC.CCC(C)CS.CCC(CCCC(C)C)CCCC1CCC(CC)CC1. The molecule has 0 spiro atoms. The van der Waals surface area contributed by atoms with Crippen molar-refractivity contribution in [2.45, 2.75) is 153 Å².